The van der Waals surface area contributed by atoms with Crippen LogP contribution in [0, 0.1) is 0 Å². The quantitative estimate of drug-likeness (QED) is 0.775. The minimum atomic E-state index is -0.214. The van der Waals surface area contributed by atoms with Gasteiger partial charge in [-0.25, -0.2) is 0 Å². The molecule has 2 rings (SSSR count). The summed E-state index contributed by atoms with van der Waals surface area (Å²) < 4.78 is 7.90. The number of hydrogen-bond donors (Lipinski definition) is 2. The van der Waals surface area contributed by atoms with Crippen molar-refractivity contribution in [2.75, 3.05) is 18.2 Å². The largest absolute Gasteiger partial charge is 0.497 e. The second kappa shape index (κ2) is 7.56. The molecule has 0 saturated heterocycles. The Morgan fingerprint density at radius 3 is 2.64 bits per heavy atom. The van der Waals surface area contributed by atoms with Crippen LogP contribution in [0.5, 0.6) is 5.75 Å². The lowest BCUT2D eigenvalue weighted by Gasteiger charge is -2.14. The van der Waals surface area contributed by atoms with Crippen LogP contribution in [0.2, 0.25) is 0 Å². The Labute approximate surface area is 144 Å². The molecule has 1 heterocycles. The van der Waals surface area contributed by atoms with Crippen molar-refractivity contribution < 1.29 is 9.53 Å². The highest BCUT2D eigenvalue weighted by atomic mass is 79.9. The van der Waals surface area contributed by atoms with Crippen molar-refractivity contribution in [3.05, 3.63) is 40.6 Å². The Bertz CT molecular complexity index is 671. The highest BCUT2D eigenvalue weighted by Gasteiger charge is 2.16. The molecule has 120 valence electrons. The number of nitrogens with zero attached hydrogens (tertiary/aromatic N) is 1. The molecule has 2 aromatic rings. The number of rotatable bonds is 4. The number of carbonyl (C=O) groups is 1. The first-order valence-corrected chi connectivity index (χ1v) is 7.34. The van der Waals surface area contributed by atoms with E-state index in [1.54, 1.807) is 31.4 Å². The summed E-state index contributed by atoms with van der Waals surface area (Å²) in [5.41, 5.74) is 7.48. The second-order valence-corrected chi connectivity index (χ2v) is 5.87. The lowest BCUT2D eigenvalue weighted by molar-refractivity contribution is 0.101. The number of methoxy groups -OCH3 is 1. The maximum atomic E-state index is 12.5. The molecule has 0 spiro atoms. The van der Waals surface area contributed by atoms with Crippen LogP contribution in [0.1, 0.15) is 30.4 Å². The first-order valence-electron chi connectivity index (χ1n) is 6.54. The molecule has 22 heavy (non-hydrogen) atoms. The molecule has 1 aromatic carbocycles. The molecule has 0 aliphatic heterocycles. The lowest BCUT2D eigenvalue weighted by Crippen LogP contribution is -2.18. The van der Waals surface area contributed by atoms with E-state index < -0.39 is 0 Å². The summed E-state index contributed by atoms with van der Waals surface area (Å²) in [6.07, 6.45) is 1.88. The lowest BCUT2D eigenvalue weighted by atomic mass is 10.2. The van der Waals surface area contributed by atoms with Gasteiger partial charge in [-0.15, -0.1) is 12.4 Å². The van der Waals surface area contributed by atoms with Crippen molar-refractivity contribution in [1.82, 2.24) is 4.57 Å². The summed E-state index contributed by atoms with van der Waals surface area (Å²) in [6.45, 7) is 4.03. The Hall–Kier alpha value is -1.66. The van der Waals surface area contributed by atoms with Gasteiger partial charge in [0.2, 0.25) is 0 Å². The van der Waals surface area contributed by atoms with Gasteiger partial charge in [-0.05, 0) is 48.0 Å². The summed E-state index contributed by atoms with van der Waals surface area (Å²) in [7, 11) is 1.57. The molecular weight excluding hydrogens is 370 g/mol. The van der Waals surface area contributed by atoms with Gasteiger partial charge in [-0.1, -0.05) is 0 Å². The van der Waals surface area contributed by atoms with E-state index in [0.717, 1.165) is 4.47 Å². The van der Waals surface area contributed by atoms with Crippen LogP contribution in [0.4, 0.5) is 11.4 Å². The highest BCUT2D eigenvalue weighted by molar-refractivity contribution is 9.10. The van der Waals surface area contributed by atoms with E-state index in [1.165, 1.54) is 0 Å². The molecule has 0 radical (unpaired) electrons. The van der Waals surface area contributed by atoms with E-state index >= 15 is 0 Å². The zero-order chi connectivity index (χ0) is 15.6. The fourth-order valence-electron chi connectivity index (χ4n) is 2.01. The summed E-state index contributed by atoms with van der Waals surface area (Å²) in [5.74, 6) is 0.425. The van der Waals surface area contributed by atoms with E-state index in [9.17, 15) is 4.79 Å². The zero-order valence-electron chi connectivity index (χ0n) is 12.6. The van der Waals surface area contributed by atoms with Crippen molar-refractivity contribution in [3.8, 4) is 5.75 Å². The summed E-state index contributed by atoms with van der Waals surface area (Å²) >= 11 is 3.40. The van der Waals surface area contributed by atoms with E-state index in [0.29, 0.717) is 22.8 Å². The molecule has 5 nitrogen and oxygen atoms in total. The van der Waals surface area contributed by atoms with Gasteiger partial charge < -0.3 is 20.4 Å². The average molecular weight is 389 g/mol. The second-order valence-electron chi connectivity index (χ2n) is 4.95. The standard InChI is InChI=1S/C15H18BrN3O2.ClH/c1-9(2)19-8-10(16)6-14(19)15(20)18-13-7-11(21-3)4-5-12(13)17;/h4-9H,17H2,1-3H3,(H,18,20);1H. The maximum absolute atomic E-state index is 12.5. The molecular formula is C15H19BrClN3O2. The number of hydrogen-bond acceptors (Lipinski definition) is 3. The van der Waals surface area contributed by atoms with Crippen molar-refractivity contribution in [3.63, 3.8) is 0 Å². The molecule has 0 saturated carbocycles. The highest BCUT2D eigenvalue weighted by Crippen LogP contribution is 2.26. The Kier molecular flexibility index (Phi) is 6.32. The molecule has 3 N–H and O–H groups in total. The fourth-order valence-corrected chi connectivity index (χ4v) is 2.45. The zero-order valence-corrected chi connectivity index (χ0v) is 15.0. The Morgan fingerprint density at radius 1 is 1.36 bits per heavy atom. The van der Waals surface area contributed by atoms with Crippen LogP contribution < -0.4 is 15.8 Å². The third-order valence-corrected chi connectivity index (χ3v) is 3.55. The molecule has 0 atom stereocenters. The van der Waals surface area contributed by atoms with Crippen LogP contribution >= 0.6 is 28.3 Å². The van der Waals surface area contributed by atoms with Crippen molar-refractivity contribution in [2.24, 2.45) is 0 Å². The van der Waals surface area contributed by atoms with Gasteiger partial charge in [0.15, 0.2) is 0 Å². The van der Waals surface area contributed by atoms with E-state index in [-0.39, 0.29) is 24.4 Å². The molecule has 1 amide bonds. The SMILES string of the molecule is COc1ccc(N)c(NC(=O)c2cc(Br)cn2C(C)C)c1.Cl. The predicted molar refractivity (Wildman–Crippen MR) is 95.1 cm³/mol. The van der Waals surface area contributed by atoms with E-state index in [1.807, 2.05) is 24.6 Å². The number of nitrogens with two attached hydrogens (primary N) is 1. The monoisotopic (exact) mass is 387 g/mol. The number of aromatic nitrogens is 1. The Balaban J connectivity index is 0.00000242. The first kappa shape index (κ1) is 18.4. The van der Waals surface area contributed by atoms with Crippen molar-refractivity contribution in [1.29, 1.82) is 0 Å². The summed E-state index contributed by atoms with van der Waals surface area (Å²) in [4.78, 5) is 12.5. The summed E-state index contributed by atoms with van der Waals surface area (Å²) in [6, 6.07) is 7.11. The fraction of sp³-hybridized carbons (Fsp3) is 0.267. The number of halogens is 2. The van der Waals surface area contributed by atoms with Gasteiger partial charge in [-0.3, -0.25) is 4.79 Å². The number of amides is 1. The smallest absolute Gasteiger partial charge is 0.272 e. The predicted octanol–water partition coefficient (Wildman–Crippen LogP) is 4.10. The van der Waals surface area contributed by atoms with E-state index in [4.69, 9.17) is 10.5 Å². The average Bonchev–Trinajstić information content (AvgIpc) is 2.83. The number of nitrogens with one attached hydrogen (secondary N) is 1. The molecule has 0 aliphatic carbocycles. The van der Waals surface area contributed by atoms with Gasteiger partial charge in [0.1, 0.15) is 11.4 Å². The van der Waals surface area contributed by atoms with Gasteiger partial charge in [0, 0.05) is 22.8 Å². The van der Waals surface area contributed by atoms with Crippen LogP contribution in [-0.2, 0) is 0 Å². The number of benzene rings is 1. The number of carbonyl (C=O) groups excluding carboxylic acids is 1. The van der Waals surface area contributed by atoms with Crippen LogP contribution in [-0.4, -0.2) is 17.6 Å². The van der Waals surface area contributed by atoms with E-state index in [2.05, 4.69) is 21.2 Å². The molecule has 0 bridgehead atoms. The van der Waals surface area contributed by atoms with Gasteiger partial charge in [0.25, 0.3) is 5.91 Å². The van der Waals surface area contributed by atoms with Gasteiger partial charge in [-0.2, -0.15) is 0 Å². The van der Waals surface area contributed by atoms with Crippen LogP contribution in [0.15, 0.2) is 34.9 Å². The molecule has 7 heteroatoms. The van der Waals surface area contributed by atoms with Crippen LogP contribution in [0.3, 0.4) is 0 Å². The van der Waals surface area contributed by atoms with Gasteiger partial charge in [0.05, 0.1) is 18.5 Å². The topological polar surface area (TPSA) is 69.3 Å². The van der Waals surface area contributed by atoms with Crippen molar-refractivity contribution >= 4 is 45.6 Å². The third-order valence-electron chi connectivity index (χ3n) is 3.11. The normalized spacial score (nSPS) is 10.2. The summed E-state index contributed by atoms with van der Waals surface area (Å²) in [5, 5.41) is 2.82. The maximum Gasteiger partial charge on any atom is 0.272 e. The van der Waals surface area contributed by atoms with Gasteiger partial charge >= 0.3 is 0 Å². The van der Waals surface area contributed by atoms with Crippen molar-refractivity contribution in [2.45, 2.75) is 19.9 Å². The number of ether oxygens (including phenoxy) is 1. The molecule has 0 unspecified atom stereocenters. The minimum Gasteiger partial charge on any atom is -0.497 e. The first-order chi connectivity index (χ1) is 9.92. The number of anilines is 2. The number of nitrogen functional groups attached to an aromatic ring is 1. The Morgan fingerprint density at radius 2 is 2.05 bits per heavy atom. The third kappa shape index (κ3) is 3.96. The molecule has 1 aromatic heterocycles. The minimum absolute atomic E-state index is 0. The molecule has 0 fully saturated rings. The van der Waals surface area contributed by atoms with Crippen LogP contribution in [0.25, 0.3) is 0 Å². The molecule has 0 aliphatic rings.